The number of carbonyl (C=O) groups excluding carboxylic acids is 1. The Morgan fingerprint density at radius 3 is 2.89 bits per heavy atom. The fourth-order valence-corrected chi connectivity index (χ4v) is 2.30. The van der Waals surface area contributed by atoms with Crippen LogP contribution in [0.25, 0.3) is 0 Å². The minimum Gasteiger partial charge on any atom is -0.345 e. The number of carbonyl (C=O) groups is 1. The molecule has 4 nitrogen and oxygen atoms in total. The van der Waals surface area contributed by atoms with E-state index in [0.29, 0.717) is 0 Å². The van der Waals surface area contributed by atoms with E-state index in [1.807, 2.05) is 37.3 Å². The summed E-state index contributed by atoms with van der Waals surface area (Å²) in [6, 6.07) is 3.98. The van der Waals surface area contributed by atoms with Crippen molar-refractivity contribution < 1.29 is 4.79 Å². The maximum atomic E-state index is 12.3. The van der Waals surface area contributed by atoms with Crippen LogP contribution in [0.1, 0.15) is 18.4 Å². The third kappa shape index (κ3) is 2.88. The molecule has 1 heterocycles. The molecule has 1 aliphatic rings. The average Bonchev–Trinajstić information content (AvgIpc) is 3.17. The first-order chi connectivity index (χ1) is 8.68. The third-order valence-corrected chi connectivity index (χ3v) is 3.63. The van der Waals surface area contributed by atoms with Crippen molar-refractivity contribution in [1.82, 2.24) is 15.2 Å². The van der Waals surface area contributed by atoms with E-state index in [2.05, 4.69) is 10.3 Å². The van der Waals surface area contributed by atoms with Gasteiger partial charge in [-0.1, -0.05) is 6.07 Å². The number of amides is 1. The molecular formula is C14H21N3O. The van der Waals surface area contributed by atoms with Gasteiger partial charge in [-0.2, -0.15) is 0 Å². The van der Waals surface area contributed by atoms with Gasteiger partial charge in [0.05, 0.1) is 5.41 Å². The largest absolute Gasteiger partial charge is 0.345 e. The van der Waals surface area contributed by atoms with E-state index in [4.69, 9.17) is 0 Å². The molecule has 4 heteroatoms. The number of hydrogen-bond donors (Lipinski definition) is 1. The van der Waals surface area contributed by atoms with Gasteiger partial charge in [-0.15, -0.1) is 0 Å². The monoisotopic (exact) mass is 247 g/mol. The van der Waals surface area contributed by atoms with Crippen molar-refractivity contribution in [2.75, 3.05) is 27.2 Å². The Kier molecular flexibility index (Phi) is 3.97. The van der Waals surface area contributed by atoms with Gasteiger partial charge in [-0.3, -0.25) is 9.78 Å². The van der Waals surface area contributed by atoms with Crippen molar-refractivity contribution >= 4 is 5.91 Å². The van der Waals surface area contributed by atoms with Crippen LogP contribution in [-0.2, 0) is 11.2 Å². The molecule has 1 saturated carbocycles. The van der Waals surface area contributed by atoms with Crippen LogP contribution in [0.4, 0.5) is 0 Å². The first kappa shape index (κ1) is 13.0. The summed E-state index contributed by atoms with van der Waals surface area (Å²) in [5.41, 5.74) is 1.06. The highest BCUT2D eigenvalue weighted by molar-refractivity contribution is 5.85. The zero-order chi connectivity index (χ0) is 13.0. The number of likely N-dealkylation sites (N-methyl/N-ethyl adjacent to an activating group) is 1. The minimum absolute atomic E-state index is 0.113. The molecule has 2 rings (SSSR count). The van der Waals surface area contributed by atoms with E-state index < -0.39 is 0 Å². The van der Waals surface area contributed by atoms with E-state index in [1.165, 1.54) is 5.56 Å². The SMILES string of the molecule is CNCC1(C(=O)N(C)CCc2cccnc2)CC1. The van der Waals surface area contributed by atoms with E-state index >= 15 is 0 Å². The Labute approximate surface area is 108 Å². The molecule has 1 aromatic rings. The molecular weight excluding hydrogens is 226 g/mol. The van der Waals surface area contributed by atoms with E-state index in [0.717, 1.165) is 32.4 Å². The van der Waals surface area contributed by atoms with Crippen LogP contribution in [0.2, 0.25) is 0 Å². The molecule has 0 bridgehead atoms. The summed E-state index contributed by atoms with van der Waals surface area (Å²) in [7, 11) is 3.80. The van der Waals surface area contributed by atoms with Gasteiger partial charge in [-0.25, -0.2) is 0 Å². The van der Waals surface area contributed by atoms with Crippen molar-refractivity contribution in [3.05, 3.63) is 30.1 Å². The molecule has 0 atom stereocenters. The molecule has 0 saturated heterocycles. The van der Waals surface area contributed by atoms with Gasteiger partial charge in [-0.05, 0) is 37.9 Å². The Bertz CT molecular complexity index is 401. The Morgan fingerprint density at radius 2 is 2.33 bits per heavy atom. The summed E-state index contributed by atoms with van der Waals surface area (Å²) < 4.78 is 0. The number of nitrogens with zero attached hydrogens (tertiary/aromatic N) is 2. The number of aromatic nitrogens is 1. The predicted octanol–water partition coefficient (Wildman–Crippen LogP) is 1.08. The molecule has 1 fully saturated rings. The standard InChI is InChI=1S/C14H21N3O/c1-15-11-14(6-7-14)13(18)17(2)9-5-12-4-3-8-16-10-12/h3-4,8,10,15H,5-7,9,11H2,1-2H3. The summed E-state index contributed by atoms with van der Waals surface area (Å²) in [5, 5.41) is 3.12. The average molecular weight is 247 g/mol. The minimum atomic E-state index is -0.113. The Hall–Kier alpha value is -1.42. The molecule has 0 unspecified atom stereocenters. The van der Waals surface area contributed by atoms with E-state index in [1.54, 1.807) is 6.20 Å². The van der Waals surface area contributed by atoms with Gasteiger partial charge < -0.3 is 10.2 Å². The second kappa shape index (κ2) is 5.48. The second-order valence-corrected chi connectivity index (χ2v) is 5.15. The quantitative estimate of drug-likeness (QED) is 0.818. The second-order valence-electron chi connectivity index (χ2n) is 5.15. The van der Waals surface area contributed by atoms with Crippen LogP contribution in [0.5, 0.6) is 0 Å². The summed E-state index contributed by atoms with van der Waals surface area (Å²) in [6.07, 6.45) is 6.53. The van der Waals surface area contributed by atoms with Crippen LogP contribution in [0.15, 0.2) is 24.5 Å². The van der Waals surface area contributed by atoms with Gasteiger partial charge in [0.15, 0.2) is 0 Å². The zero-order valence-electron chi connectivity index (χ0n) is 11.1. The maximum absolute atomic E-state index is 12.3. The van der Waals surface area contributed by atoms with Gasteiger partial charge in [0.1, 0.15) is 0 Å². The lowest BCUT2D eigenvalue weighted by Gasteiger charge is -2.23. The van der Waals surface area contributed by atoms with E-state index in [9.17, 15) is 4.79 Å². The van der Waals surface area contributed by atoms with Crippen LogP contribution < -0.4 is 5.32 Å². The molecule has 0 radical (unpaired) electrons. The van der Waals surface area contributed by atoms with Gasteiger partial charge in [0, 0.05) is 32.5 Å². The maximum Gasteiger partial charge on any atom is 0.229 e. The third-order valence-electron chi connectivity index (χ3n) is 3.63. The van der Waals surface area contributed by atoms with Gasteiger partial charge >= 0.3 is 0 Å². The molecule has 1 aliphatic carbocycles. The number of nitrogens with one attached hydrogen (secondary N) is 1. The number of rotatable bonds is 6. The van der Waals surface area contributed by atoms with Crippen molar-refractivity contribution in [2.24, 2.45) is 5.41 Å². The molecule has 1 N–H and O–H groups in total. The van der Waals surface area contributed by atoms with Crippen LogP contribution in [0.3, 0.4) is 0 Å². The highest BCUT2D eigenvalue weighted by Crippen LogP contribution is 2.46. The molecule has 98 valence electrons. The Morgan fingerprint density at radius 1 is 1.56 bits per heavy atom. The lowest BCUT2D eigenvalue weighted by Crippen LogP contribution is -2.39. The smallest absolute Gasteiger partial charge is 0.229 e. The van der Waals surface area contributed by atoms with Crippen LogP contribution in [-0.4, -0.2) is 43.0 Å². The fourth-order valence-electron chi connectivity index (χ4n) is 2.30. The zero-order valence-corrected chi connectivity index (χ0v) is 11.1. The molecule has 0 aliphatic heterocycles. The highest BCUT2D eigenvalue weighted by Gasteiger charge is 2.50. The predicted molar refractivity (Wildman–Crippen MR) is 71.2 cm³/mol. The molecule has 1 aromatic heterocycles. The first-order valence-corrected chi connectivity index (χ1v) is 6.47. The van der Waals surface area contributed by atoms with Gasteiger partial charge in [0.25, 0.3) is 0 Å². The van der Waals surface area contributed by atoms with Crippen molar-refractivity contribution in [3.8, 4) is 0 Å². The van der Waals surface area contributed by atoms with Gasteiger partial charge in [0.2, 0.25) is 5.91 Å². The molecule has 0 spiro atoms. The van der Waals surface area contributed by atoms with Crippen molar-refractivity contribution in [3.63, 3.8) is 0 Å². The summed E-state index contributed by atoms with van der Waals surface area (Å²) in [5.74, 6) is 0.278. The summed E-state index contributed by atoms with van der Waals surface area (Å²) >= 11 is 0. The van der Waals surface area contributed by atoms with Crippen molar-refractivity contribution in [1.29, 1.82) is 0 Å². The molecule has 1 amide bonds. The highest BCUT2D eigenvalue weighted by atomic mass is 16.2. The summed E-state index contributed by atoms with van der Waals surface area (Å²) in [4.78, 5) is 18.3. The molecule has 0 aromatic carbocycles. The van der Waals surface area contributed by atoms with Crippen LogP contribution in [0, 0.1) is 5.41 Å². The normalized spacial score (nSPS) is 16.3. The Balaban J connectivity index is 1.85. The lowest BCUT2D eigenvalue weighted by atomic mass is 10.1. The number of hydrogen-bond acceptors (Lipinski definition) is 3. The fraction of sp³-hybridized carbons (Fsp3) is 0.571. The first-order valence-electron chi connectivity index (χ1n) is 6.47. The summed E-state index contributed by atoms with van der Waals surface area (Å²) in [6.45, 7) is 1.55. The van der Waals surface area contributed by atoms with Crippen LogP contribution >= 0.6 is 0 Å². The lowest BCUT2D eigenvalue weighted by molar-refractivity contribution is -0.135. The van der Waals surface area contributed by atoms with Crippen molar-refractivity contribution in [2.45, 2.75) is 19.3 Å². The molecule has 18 heavy (non-hydrogen) atoms. The van der Waals surface area contributed by atoms with E-state index in [-0.39, 0.29) is 11.3 Å². The topological polar surface area (TPSA) is 45.2 Å². The number of pyridine rings is 1.